The molecule has 2 aliphatic rings. The van der Waals surface area contributed by atoms with Crippen molar-refractivity contribution in [1.82, 2.24) is 4.90 Å². The van der Waals surface area contributed by atoms with Gasteiger partial charge < -0.3 is 10.0 Å². The van der Waals surface area contributed by atoms with Gasteiger partial charge in [-0.15, -0.1) is 0 Å². The number of alkyl halides is 3. The third-order valence-electron chi connectivity index (χ3n) is 5.65. The molecule has 1 aromatic rings. The van der Waals surface area contributed by atoms with E-state index in [4.69, 9.17) is 0 Å². The van der Waals surface area contributed by atoms with Crippen LogP contribution in [0.5, 0.6) is 0 Å². The number of piperidine rings is 1. The van der Waals surface area contributed by atoms with Gasteiger partial charge in [0.2, 0.25) is 5.91 Å². The molecule has 3 rings (SSSR count). The van der Waals surface area contributed by atoms with Crippen molar-refractivity contribution in [3.8, 4) is 0 Å². The van der Waals surface area contributed by atoms with Gasteiger partial charge in [0.1, 0.15) is 0 Å². The maximum atomic E-state index is 13.1. The number of nitrogens with zero attached hydrogens (tertiary/aromatic N) is 1. The van der Waals surface area contributed by atoms with E-state index in [0.29, 0.717) is 44.3 Å². The van der Waals surface area contributed by atoms with Crippen molar-refractivity contribution in [1.29, 1.82) is 0 Å². The number of carbonyl (C=O) groups is 1. The maximum Gasteiger partial charge on any atom is 0.416 e. The Hall–Kier alpha value is -1.56. The number of hydrogen-bond acceptors (Lipinski definition) is 2. The molecule has 1 saturated heterocycles. The minimum absolute atomic E-state index is 0.0517. The van der Waals surface area contributed by atoms with Gasteiger partial charge in [-0.3, -0.25) is 4.79 Å². The van der Waals surface area contributed by atoms with E-state index in [2.05, 4.69) is 0 Å². The van der Waals surface area contributed by atoms with Crippen LogP contribution in [0.3, 0.4) is 0 Å². The van der Waals surface area contributed by atoms with Crippen LogP contribution in [0.2, 0.25) is 0 Å². The number of benzene rings is 1. The Kier molecular flexibility index (Phi) is 4.60. The van der Waals surface area contributed by atoms with E-state index in [1.54, 1.807) is 17.9 Å². The van der Waals surface area contributed by atoms with E-state index in [1.807, 2.05) is 0 Å². The van der Waals surface area contributed by atoms with Crippen LogP contribution in [0.4, 0.5) is 13.2 Å². The normalized spacial score (nSPS) is 27.9. The van der Waals surface area contributed by atoms with Crippen molar-refractivity contribution in [3.05, 3.63) is 34.9 Å². The predicted molar refractivity (Wildman–Crippen MR) is 88.1 cm³/mol. The summed E-state index contributed by atoms with van der Waals surface area (Å²) in [6.07, 6.45) is -1.98. The largest absolute Gasteiger partial charge is 0.416 e. The first-order chi connectivity index (χ1) is 11.6. The SMILES string of the molecule is Cc1c(C2CCN(C(=O)C3CC(C)(O)C3)CC2)cccc1C(F)(F)F. The van der Waals surface area contributed by atoms with Crippen LogP contribution in [0.25, 0.3) is 0 Å². The number of halogens is 3. The number of rotatable bonds is 2. The highest BCUT2D eigenvalue weighted by atomic mass is 19.4. The molecule has 0 atom stereocenters. The number of aliphatic hydroxyl groups is 1. The van der Waals surface area contributed by atoms with E-state index in [-0.39, 0.29) is 17.7 Å². The zero-order valence-corrected chi connectivity index (χ0v) is 14.6. The highest BCUT2D eigenvalue weighted by molar-refractivity contribution is 5.80. The summed E-state index contributed by atoms with van der Waals surface area (Å²) >= 11 is 0. The van der Waals surface area contributed by atoms with Crippen molar-refractivity contribution in [2.24, 2.45) is 5.92 Å². The van der Waals surface area contributed by atoms with E-state index in [9.17, 15) is 23.1 Å². The Morgan fingerprint density at radius 1 is 1.24 bits per heavy atom. The summed E-state index contributed by atoms with van der Waals surface area (Å²) in [5.74, 6) is 0.0171. The Bertz CT molecular complexity index is 653. The summed E-state index contributed by atoms with van der Waals surface area (Å²) < 4.78 is 39.3. The second-order valence-corrected chi connectivity index (χ2v) is 7.72. The zero-order valence-electron chi connectivity index (χ0n) is 14.6. The fourth-order valence-corrected chi connectivity index (χ4v) is 4.25. The van der Waals surface area contributed by atoms with Gasteiger partial charge in [0.05, 0.1) is 11.2 Å². The molecule has 0 spiro atoms. The fraction of sp³-hybridized carbons (Fsp3) is 0.632. The summed E-state index contributed by atoms with van der Waals surface area (Å²) in [5, 5.41) is 9.78. The molecular formula is C19H24F3NO2. The molecule has 0 radical (unpaired) electrons. The first kappa shape index (κ1) is 18.2. The first-order valence-corrected chi connectivity index (χ1v) is 8.76. The van der Waals surface area contributed by atoms with Crippen LogP contribution in [0.1, 0.15) is 55.2 Å². The zero-order chi connectivity index (χ0) is 18.4. The van der Waals surface area contributed by atoms with Crippen molar-refractivity contribution in [2.75, 3.05) is 13.1 Å². The minimum atomic E-state index is -4.34. The molecule has 3 nitrogen and oxygen atoms in total. The van der Waals surface area contributed by atoms with Crippen molar-refractivity contribution < 1.29 is 23.1 Å². The highest BCUT2D eigenvalue weighted by Gasteiger charge is 2.44. The molecule has 1 N–H and O–H groups in total. The number of carbonyl (C=O) groups excluding carboxylic acids is 1. The van der Waals surface area contributed by atoms with Crippen LogP contribution < -0.4 is 0 Å². The molecule has 6 heteroatoms. The quantitative estimate of drug-likeness (QED) is 0.875. The van der Waals surface area contributed by atoms with Crippen molar-refractivity contribution >= 4 is 5.91 Å². The second-order valence-electron chi connectivity index (χ2n) is 7.72. The van der Waals surface area contributed by atoms with Crippen LogP contribution in [-0.2, 0) is 11.0 Å². The van der Waals surface area contributed by atoms with Gasteiger partial charge in [0.25, 0.3) is 0 Å². The van der Waals surface area contributed by atoms with Gasteiger partial charge in [-0.1, -0.05) is 12.1 Å². The Morgan fingerprint density at radius 2 is 1.84 bits per heavy atom. The highest BCUT2D eigenvalue weighted by Crippen LogP contribution is 2.40. The molecule has 1 saturated carbocycles. The second kappa shape index (κ2) is 6.31. The summed E-state index contributed by atoms with van der Waals surface area (Å²) in [7, 11) is 0. The van der Waals surface area contributed by atoms with Gasteiger partial charge in [-0.05, 0) is 62.6 Å². The Labute approximate surface area is 145 Å². The summed E-state index contributed by atoms with van der Waals surface area (Å²) in [6.45, 7) is 4.40. The molecule has 1 aliphatic carbocycles. The lowest BCUT2D eigenvalue weighted by Gasteiger charge is -2.43. The molecular weight excluding hydrogens is 331 g/mol. The van der Waals surface area contributed by atoms with Crippen LogP contribution in [-0.4, -0.2) is 34.6 Å². The van der Waals surface area contributed by atoms with E-state index in [0.717, 1.165) is 11.6 Å². The van der Waals surface area contributed by atoms with Crippen LogP contribution in [0.15, 0.2) is 18.2 Å². The number of amides is 1. The van der Waals surface area contributed by atoms with Gasteiger partial charge in [0.15, 0.2) is 0 Å². The molecule has 138 valence electrons. The average Bonchev–Trinajstić information content (AvgIpc) is 2.51. The van der Waals surface area contributed by atoms with Gasteiger partial charge in [-0.2, -0.15) is 13.2 Å². The van der Waals surface area contributed by atoms with Gasteiger partial charge >= 0.3 is 6.18 Å². The maximum absolute atomic E-state index is 13.1. The molecule has 1 amide bonds. The molecule has 1 aromatic carbocycles. The lowest BCUT2D eigenvalue weighted by Crippen LogP contribution is -2.51. The first-order valence-electron chi connectivity index (χ1n) is 8.76. The number of likely N-dealkylation sites (tertiary alicyclic amines) is 1. The Morgan fingerprint density at radius 3 is 2.36 bits per heavy atom. The van der Waals surface area contributed by atoms with Crippen LogP contribution in [0, 0.1) is 12.8 Å². The topological polar surface area (TPSA) is 40.5 Å². The summed E-state index contributed by atoms with van der Waals surface area (Å²) in [5.41, 5.74) is -0.253. The van der Waals surface area contributed by atoms with Crippen molar-refractivity contribution in [2.45, 2.75) is 57.2 Å². The van der Waals surface area contributed by atoms with Crippen molar-refractivity contribution in [3.63, 3.8) is 0 Å². The average molecular weight is 355 g/mol. The fourth-order valence-electron chi connectivity index (χ4n) is 4.25. The molecule has 0 bridgehead atoms. The van der Waals surface area contributed by atoms with Crippen LogP contribution >= 0.6 is 0 Å². The Balaban J connectivity index is 1.64. The standard InChI is InChI=1S/C19H24F3NO2/c1-12-15(4-3-5-16(12)19(20,21)22)13-6-8-23(9-7-13)17(24)14-10-18(2,25)11-14/h3-5,13-14,25H,6-11H2,1-2H3. The summed E-state index contributed by atoms with van der Waals surface area (Å²) in [6, 6.07) is 4.37. The molecule has 1 heterocycles. The predicted octanol–water partition coefficient (Wildman–Crippen LogP) is 3.88. The molecule has 1 aliphatic heterocycles. The molecule has 25 heavy (non-hydrogen) atoms. The molecule has 2 fully saturated rings. The third kappa shape index (κ3) is 3.68. The lowest BCUT2D eigenvalue weighted by molar-refractivity contribution is -0.150. The smallest absolute Gasteiger partial charge is 0.390 e. The lowest BCUT2D eigenvalue weighted by atomic mass is 9.71. The summed E-state index contributed by atoms with van der Waals surface area (Å²) in [4.78, 5) is 14.2. The molecule has 0 aromatic heterocycles. The van der Waals surface area contributed by atoms with E-state index >= 15 is 0 Å². The molecule has 0 unspecified atom stereocenters. The van der Waals surface area contributed by atoms with Gasteiger partial charge in [-0.25, -0.2) is 0 Å². The van der Waals surface area contributed by atoms with Gasteiger partial charge in [0, 0.05) is 19.0 Å². The monoisotopic (exact) mass is 355 g/mol. The van der Waals surface area contributed by atoms with E-state index in [1.165, 1.54) is 13.0 Å². The van der Waals surface area contributed by atoms with E-state index < -0.39 is 17.3 Å². The third-order valence-corrected chi connectivity index (χ3v) is 5.65. The number of hydrogen-bond donors (Lipinski definition) is 1. The minimum Gasteiger partial charge on any atom is -0.390 e.